The van der Waals surface area contributed by atoms with Gasteiger partial charge in [-0.05, 0) is 91.0 Å². The molecular formula is C24H19ClN2O2S2. The van der Waals surface area contributed by atoms with Crippen molar-refractivity contribution in [3.05, 3.63) is 88.3 Å². The summed E-state index contributed by atoms with van der Waals surface area (Å²) >= 11 is 8.93. The van der Waals surface area contributed by atoms with Crippen molar-refractivity contribution in [2.24, 2.45) is 4.99 Å². The zero-order valence-electron chi connectivity index (χ0n) is 16.7. The Kier molecular flexibility index (Phi) is 7.02. The van der Waals surface area contributed by atoms with Gasteiger partial charge in [0.05, 0.1) is 17.2 Å². The van der Waals surface area contributed by atoms with E-state index in [1.807, 2.05) is 85.8 Å². The van der Waals surface area contributed by atoms with Crippen LogP contribution in [0.4, 0.5) is 5.69 Å². The van der Waals surface area contributed by atoms with E-state index in [9.17, 15) is 4.79 Å². The van der Waals surface area contributed by atoms with E-state index in [1.54, 1.807) is 11.8 Å². The molecule has 0 spiro atoms. The van der Waals surface area contributed by atoms with Gasteiger partial charge in [0.25, 0.3) is 5.91 Å². The first-order valence-electron chi connectivity index (χ1n) is 9.65. The lowest BCUT2D eigenvalue weighted by atomic mass is 10.2. The highest BCUT2D eigenvalue weighted by atomic mass is 35.5. The maximum absolute atomic E-state index is 12.3. The van der Waals surface area contributed by atoms with Gasteiger partial charge in [-0.25, -0.2) is 4.99 Å². The van der Waals surface area contributed by atoms with E-state index in [1.165, 1.54) is 11.8 Å². The highest BCUT2D eigenvalue weighted by Crippen LogP contribution is 2.31. The normalized spacial score (nSPS) is 16.0. The Hall–Kier alpha value is -2.67. The molecule has 0 bridgehead atoms. The number of amidine groups is 1. The molecule has 0 aromatic heterocycles. The fraction of sp³-hybridized carbons (Fsp3) is 0.0833. The zero-order valence-corrected chi connectivity index (χ0v) is 19.1. The van der Waals surface area contributed by atoms with Crippen molar-refractivity contribution in [1.29, 1.82) is 0 Å². The van der Waals surface area contributed by atoms with Crippen LogP contribution in [0.5, 0.6) is 5.75 Å². The van der Waals surface area contributed by atoms with Crippen LogP contribution in [-0.4, -0.2) is 17.7 Å². The molecule has 3 aromatic carbocycles. The first-order chi connectivity index (χ1) is 15.1. The number of aliphatic imine (C=N–C) groups is 1. The lowest BCUT2D eigenvalue weighted by Crippen LogP contribution is -2.19. The minimum absolute atomic E-state index is 0.144. The molecular weight excluding hydrogens is 448 g/mol. The van der Waals surface area contributed by atoms with Gasteiger partial charge < -0.3 is 10.1 Å². The van der Waals surface area contributed by atoms with Crippen molar-refractivity contribution in [1.82, 2.24) is 5.32 Å². The number of hydrogen-bond acceptors (Lipinski definition) is 5. The Bertz CT molecular complexity index is 1130. The smallest absolute Gasteiger partial charge is 0.264 e. The van der Waals surface area contributed by atoms with Crippen LogP contribution >= 0.6 is 35.1 Å². The third kappa shape index (κ3) is 5.94. The van der Waals surface area contributed by atoms with Crippen LogP contribution in [0, 0.1) is 0 Å². The van der Waals surface area contributed by atoms with Crippen LogP contribution in [0.25, 0.3) is 6.08 Å². The quantitative estimate of drug-likeness (QED) is 0.407. The van der Waals surface area contributed by atoms with Gasteiger partial charge in [-0.2, -0.15) is 0 Å². The monoisotopic (exact) mass is 466 g/mol. The lowest BCUT2D eigenvalue weighted by Gasteiger charge is -2.03. The van der Waals surface area contributed by atoms with E-state index >= 15 is 0 Å². The Morgan fingerprint density at radius 1 is 1.00 bits per heavy atom. The van der Waals surface area contributed by atoms with Crippen LogP contribution in [-0.2, 0) is 4.79 Å². The fourth-order valence-corrected chi connectivity index (χ4v) is 4.59. The van der Waals surface area contributed by atoms with E-state index in [0.29, 0.717) is 16.7 Å². The molecule has 0 atom stereocenters. The Labute approximate surface area is 194 Å². The molecule has 1 saturated heterocycles. The molecule has 0 aliphatic carbocycles. The number of benzene rings is 3. The summed E-state index contributed by atoms with van der Waals surface area (Å²) in [5.74, 6) is 0.655. The summed E-state index contributed by atoms with van der Waals surface area (Å²) in [6.07, 6.45) is 1.87. The molecule has 3 aromatic rings. The van der Waals surface area contributed by atoms with Crippen LogP contribution in [0.1, 0.15) is 12.5 Å². The third-order valence-electron chi connectivity index (χ3n) is 4.26. The Morgan fingerprint density at radius 2 is 1.65 bits per heavy atom. The van der Waals surface area contributed by atoms with E-state index in [-0.39, 0.29) is 5.91 Å². The second kappa shape index (κ2) is 10.1. The van der Waals surface area contributed by atoms with E-state index in [4.69, 9.17) is 16.3 Å². The SMILES string of the molecule is CCOc1ccc(N=C2NC(=O)C(=Cc3ccc(Sc4ccc(Cl)cc4)cc3)S2)cc1. The Balaban J connectivity index is 1.42. The molecule has 0 saturated carbocycles. The van der Waals surface area contributed by atoms with Crippen LogP contribution in [0.2, 0.25) is 5.02 Å². The molecule has 1 aliphatic rings. The van der Waals surface area contributed by atoms with Crippen molar-refractivity contribution in [2.45, 2.75) is 16.7 Å². The van der Waals surface area contributed by atoms with Crippen molar-refractivity contribution in [3.8, 4) is 5.75 Å². The summed E-state index contributed by atoms with van der Waals surface area (Å²) in [6.45, 7) is 2.56. The van der Waals surface area contributed by atoms with Crippen LogP contribution < -0.4 is 10.1 Å². The van der Waals surface area contributed by atoms with E-state index < -0.39 is 0 Å². The molecule has 0 unspecified atom stereocenters. The number of carbonyl (C=O) groups is 1. The second-order valence-corrected chi connectivity index (χ2v) is 9.15. The topological polar surface area (TPSA) is 50.7 Å². The minimum atomic E-state index is -0.144. The lowest BCUT2D eigenvalue weighted by molar-refractivity contribution is -0.115. The number of amides is 1. The predicted molar refractivity (Wildman–Crippen MR) is 130 cm³/mol. The molecule has 4 rings (SSSR count). The highest BCUT2D eigenvalue weighted by Gasteiger charge is 2.23. The number of thioether (sulfide) groups is 1. The number of nitrogens with one attached hydrogen (secondary N) is 1. The first kappa shape index (κ1) is 21.6. The average molecular weight is 467 g/mol. The van der Waals surface area contributed by atoms with Gasteiger partial charge in [-0.15, -0.1) is 0 Å². The number of nitrogens with zero attached hydrogens (tertiary/aromatic N) is 1. The number of ether oxygens (including phenoxy) is 1. The molecule has 156 valence electrons. The van der Waals surface area contributed by atoms with E-state index in [2.05, 4.69) is 10.3 Å². The van der Waals surface area contributed by atoms with Crippen molar-refractivity contribution < 1.29 is 9.53 Å². The highest BCUT2D eigenvalue weighted by molar-refractivity contribution is 8.18. The van der Waals surface area contributed by atoms with Gasteiger partial charge in [-0.3, -0.25) is 4.79 Å². The average Bonchev–Trinajstić information content (AvgIpc) is 3.11. The molecule has 1 fully saturated rings. The standard InChI is InChI=1S/C24H19ClN2O2S2/c1-2-29-19-9-7-18(8-10-19)26-24-27-23(28)22(31-24)15-16-3-11-20(12-4-16)30-21-13-5-17(25)6-14-21/h3-15H,2H2,1H3,(H,26,27,28). The molecule has 7 heteroatoms. The maximum atomic E-state index is 12.3. The summed E-state index contributed by atoms with van der Waals surface area (Å²) in [6, 6.07) is 23.3. The molecule has 1 N–H and O–H groups in total. The van der Waals surface area contributed by atoms with Crippen molar-refractivity contribution >= 4 is 58.0 Å². The number of hydrogen-bond donors (Lipinski definition) is 1. The maximum Gasteiger partial charge on any atom is 0.264 e. The third-order valence-corrected chi connectivity index (χ3v) is 6.43. The van der Waals surface area contributed by atoms with Crippen molar-refractivity contribution in [3.63, 3.8) is 0 Å². The van der Waals surface area contributed by atoms with Crippen LogP contribution in [0.15, 0.2) is 92.5 Å². The Morgan fingerprint density at radius 3 is 2.29 bits per heavy atom. The van der Waals surface area contributed by atoms with E-state index in [0.717, 1.165) is 31.8 Å². The van der Waals surface area contributed by atoms with Gasteiger partial charge >= 0.3 is 0 Å². The largest absolute Gasteiger partial charge is 0.494 e. The zero-order chi connectivity index (χ0) is 21.6. The van der Waals surface area contributed by atoms with Crippen molar-refractivity contribution in [2.75, 3.05) is 6.61 Å². The number of rotatable bonds is 6. The first-order valence-corrected chi connectivity index (χ1v) is 11.7. The summed E-state index contributed by atoms with van der Waals surface area (Å²) in [5, 5.41) is 4.11. The molecule has 1 heterocycles. The number of carbonyl (C=O) groups excluding carboxylic acids is 1. The van der Waals surface area contributed by atoms with Gasteiger partial charge in [0, 0.05) is 14.8 Å². The molecule has 1 aliphatic heterocycles. The molecule has 4 nitrogen and oxygen atoms in total. The summed E-state index contributed by atoms with van der Waals surface area (Å²) in [5.41, 5.74) is 1.72. The summed E-state index contributed by atoms with van der Waals surface area (Å²) in [4.78, 5) is 19.7. The van der Waals surface area contributed by atoms with Gasteiger partial charge in [0.2, 0.25) is 0 Å². The molecule has 0 radical (unpaired) electrons. The number of halogens is 1. The summed E-state index contributed by atoms with van der Waals surface area (Å²) < 4.78 is 5.44. The molecule has 31 heavy (non-hydrogen) atoms. The molecule has 1 amide bonds. The van der Waals surface area contributed by atoms with Crippen LogP contribution in [0.3, 0.4) is 0 Å². The van der Waals surface area contributed by atoms with Gasteiger partial charge in [0.1, 0.15) is 5.75 Å². The second-order valence-electron chi connectivity index (χ2n) is 6.53. The fourth-order valence-electron chi connectivity index (χ4n) is 2.80. The van der Waals surface area contributed by atoms with Gasteiger partial charge in [-0.1, -0.05) is 35.5 Å². The predicted octanol–water partition coefficient (Wildman–Crippen LogP) is 6.78. The van der Waals surface area contributed by atoms with Gasteiger partial charge in [0.15, 0.2) is 5.17 Å². The summed E-state index contributed by atoms with van der Waals surface area (Å²) in [7, 11) is 0. The minimum Gasteiger partial charge on any atom is -0.494 e.